The van der Waals surface area contributed by atoms with E-state index in [-0.39, 0.29) is 12.2 Å². The zero-order valence-electron chi connectivity index (χ0n) is 20.5. The largest absolute Gasteiger partial charge is 0.370 e. The molecule has 0 amide bonds. The lowest BCUT2D eigenvalue weighted by Crippen LogP contribution is -2.25. The molecule has 0 radical (unpaired) electrons. The monoisotopic (exact) mass is 564 g/mol. The average Bonchev–Trinajstić information content (AvgIpc) is 3.44. The average molecular weight is 565 g/mol. The zero-order chi connectivity index (χ0) is 25.6. The molecule has 1 heterocycles. The molecule has 2 atom stereocenters. The second-order valence-corrected chi connectivity index (χ2v) is 16.9. The third-order valence-corrected chi connectivity index (χ3v) is 14.6. The minimum atomic E-state index is -2.41. The summed E-state index contributed by atoms with van der Waals surface area (Å²) in [5, 5.41) is 4.22. The quantitative estimate of drug-likeness (QED) is 0.232. The van der Waals surface area contributed by atoms with Crippen molar-refractivity contribution in [3.63, 3.8) is 0 Å². The Bertz CT molecular complexity index is 1180. The van der Waals surface area contributed by atoms with E-state index in [0.717, 1.165) is 34.1 Å². The van der Waals surface area contributed by atoms with Crippen molar-refractivity contribution >= 4 is 57.4 Å². The number of rotatable bonds is 10. The van der Waals surface area contributed by atoms with Crippen LogP contribution < -0.4 is 21.2 Å². The summed E-state index contributed by atoms with van der Waals surface area (Å²) in [6, 6.07) is 40.7. The molecule has 0 aromatic heterocycles. The van der Waals surface area contributed by atoms with Gasteiger partial charge in [-0.2, -0.15) is 0 Å². The van der Waals surface area contributed by atoms with E-state index in [4.69, 9.17) is 37.4 Å². The Morgan fingerprint density at radius 1 is 0.514 bits per heavy atom. The molecule has 7 heteroatoms. The molecule has 190 valence electrons. The van der Waals surface area contributed by atoms with Crippen LogP contribution in [0.3, 0.4) is 0 Å². The fourth-order valence-corrected chi connectivity index (χ4v) is 10.5. The summed E-state index contributed by atoms with van der Waals surface area (Å²) in [5.41, 5.74) is 0. The van der Waals surface area contributed by atoms with Crippen LogP contribution in [0.5, 0.6) is 0 Å². The van der Waals surface area contributed by atoms with Crippen LogP contribution in [0.15, 0.2) is 121 Å². The highest BCUT2D eigenvalue weighted by Gasteiger charge is 2.32. The van der Waals surface area contributed by atoms with Gasteiger partial charge in [0, 0.05) is 21.2 Å². The third-order valence-electron chi connectivity index (χ3n) is 6.46. The van der Waals surface area contributed by atoms with Crippen LogP contribution in [0.25, 0.3) is 0 Å². The van der Waals surface area contributed by atoms with Gasteiger partial charge in [-0.1, -0.05) is 145 Å². The fourth-order valence-electron chi connectivity index (χ4n) is 4.49. The van der Waals surface area contributed by atoms with Gasteiger partial charge < -0.3 is 13.8 Å². The number of hydrogen-bond acceptors (Lipinski definition) is 5. The van der Waals surface area contributed by atoms with Crippen LogP contribution in [-0.2, 0) is 37.4 Å². The van der Waals surface area contributed by atoms with E-state index >= 15 is 0 Å². The minimum Gasteiger partial charge on any atom is -0.370 e. The van der Waals surface area contributed by atoms with Gasteiger partial charge in [-0.25, -0.2) is 0 Å². The van der Waals surface area contributed by atoms with Crippen LogP contribution >= 0.6 is 12.5 Å². The maximum Gasteiger partial charge on any atom is 0.123 e. The molecule has 4 aromatic rings. The predicted molar refractivity (Wildman–Crippen MR) is 163 cm³/mol. The Morgan fingerprint density at radius 3 is 1.05 bits per heavy atom. The molecule has 37 heavy (non-hydrogen) atoms. The maximum atomic E-state index is 6.56. The van der Waals surface area contributed by atoms with Crippen molar-refractivity contribution in [3.05, 3.63) is 121 Å². The normalized spacial score (nSPS) is 18.1. The molecule has 1 aliphatic rings. The first-order valence-corrected chi connectivity index (χ1v) is 17.9. The lowest BCUT2D eigenvalue weighted by molar-refractivity contribution is 0.00208. The van der Waals surface area contributed by atoms with Crippen LogP contribution in [0, 0.1) is 0 Å². The smallest absolute Gasteiger partial charge is 0.123 e. The fraction of sp³-hybridized carbons (Fsp3) is 0.200. The Morgan fingerprint density at radius 2 is 0.784 bits per heavy atom. The summed E-state index contributed by atoms with van der Waals surface area (Å²) in [6.45, 7) is 0.923. The molecule has 0 spiro atoms. The van der Waals surface area contributed by atoms with E-state index in [1.54, 1.807) is 0 Å². The highest BCUT2D eigenvalue weighted by atomic mass is 32.4. The standard InChI is InChI=1S/C30H30O3P2S2/c36-34(27-13-5-1-6-14-27,28-15-7-2-8-16-28)31-23-25-21-22-26(33-25)24-32-35(37,29-17-9-3-10-18-29)30-19-11-4-12-20-30/h1-20,25-26H,21-24H2. The van der Waals surface area contributed by atoms with Crippen molar-refractivity contribution in [2.24, 2.45) is 0 Å². The third kappa shape index (κ3) is 6.21. The Kier molecular flexibility index (Phi) is 8.85. The molecule has 0 N–H and O–H groups in total. The first-order chi connectivity index (χ1) is 18.1. The molecule has 0 saturated carbocycles. The molecule has 1 fully saturated rings. The molecule has 2 unspecified atom stereocenters. The maximum absolute atomic E-state index is 6.56. The van der Waals surface area contributed by atoms with E-state index in [2.05, 4.69) is 48.5 Å². The number of ether oxygens (including phenoxy) is 1. The van der Waals surface area contributed by atoms with Crippen molar-refractivity contribution in [1.82, 2.24) is 0 Å². The summed E-state index contributed by atoms with van der Waals surface area (Å²) >= 11 is 12.4. The highest BCUT2D eigenvalue weighted by molar-refractivity contribution is 8.19. The van der Waals surface area contributed by atoms with Gasteiger partial charge >= 0.3 is 0 Å². The van der Waals surface area contributed by atoms with Gasteiger partial charge in [0.1, 0.15) is 12.5 Å². The molecule has 1 saturated heterocycles. The molecule has 3 nitrogen and oxygen atoms in total. The van der Waals surface area contributed by atoms with Crippen LogP contribution in [-0.4, -0.2) is 25.4 Å². The molecular weight excluding hydrogens is 534 g/mol. The first kappa shape index (κ1) is 26.7. The second-order valence-electron chi connectivity index (χ2n) is 8.99. The topological polar surface area (TPSA) is 27.7 Å². The van der Waals surface area contributed by atoms with Gasteiger partial charge in [-0.3, -0.25) is 0 Å². The summed E-state index contributed by atoms with van der Waals surface area (Å²) in [4.78, 5) is 0. The highest BCUT2D eigenvalue weighted by Crippen LogP contribution is 2.47. The molecule has 4 aromatic carbocycles. The van der Waals surface area contributed by atoms with E-state index in [9.17, 15) is 0 Å². The lowest BCUT2D eigenvalue weighted by atomic mass is 10.2. The van der Waals surface area contributed by atoms with Crippen molar-refractivity contribution < 1.29 is 13.8 Å². The zero-order valence-corrected chi connectivity index (χ0v) is 23.9. The van der Waals surface area contributed by atoms with E-state index in [1.807, 2.05) is 72.8 Å². The van der Waals surface area contributed by atoms with E-state index < -0.39 is 12.5 Å². The van der Waals surface area contributed by atoms with Crippen molar-refractivity contribution in [3.8, 4) is 0 Å². The van der Waals surface area contributed by atoms with Crippen LogP contribution in [0.2, 0.25) is 0 Å². The molecule has 0 aliphatic carbocycles. The summed E-state index contributed by atoms with van der Waals surface area (Å²) in [6.07, 6.45) is -3.03. The lowest BCUT2D eigenvalue weighted by Gasteiger charge is -2.26. The van der Waals surface area contributed by atoms with Gasteiger partial charge in [0.25, 0.3) is 0 Å². The van der Waals surface area contributed by atoms with Crippen molar-refractivity contribution in [2.45, 2.75) is 25.0 Å². The van der Waals surface area contributed by atoms with E-state index in [1.165, 1.54) is 0 Å². The summed E-state index contributed by atoms with van der Waals surface area (Å²) < 4.78 is 19.5. The number of benzene rings is 4. The SMILES string of the molecule is S=P(OCC1CCC(COP(=S)(c2ccccc2)c2ccccc2)O1)(c1ccccc1)c1ccccc1. The van der Waals surface area contributed by atoms with Crippen molar-refractivity contribution in [1.29, 1.82) is 0 Å². The summed E-state index contributed by atoms with van der Waals surface area (Å²) in [5.74, 6) is 0. The Labute approximate surface area is 230 Å². The Balaban J connectivity index is 1.25. The van der Waals surface area contributed by atoms with Gasteiger partial charge in [-0.15, -0.1) is 0 Å². The van der Waals surface area contributed by atoms with Gasteiger partial charge in [-0.05, 0) is 12.8 Å². The Hall–Kier alpha value is -1.94. The van der Waals surface area contributed by atoms with Crippen LogP contribution in [0.4, 0.5) is 0 Å². The predicted octanol–water partition coefficient (Wildman–Crippen LogP) is 5.66. The van der Waals surface area contributed by atoms with Gasteiger partial charge in [0.05, 0.1) is 25.4 Å². The molecule has 0 bridgehead atoms. The van der Waals surface area contributed by atoms with Crippen LogP contribution in [0.1, 0.15) is 12.8 Å². The molecular formula is C30H30O3P2S2. The second kappa shape index (κ2) is 12.3. The van der Waals surface area contributed by atoms with Gasteiger partial charge in [0.2, 0.25) is 0 Å². The molecule has 1 aliphatic heterocycles. The minimum absolute atomic E-state index is 0.0188. The summed E-state index contributed by atoms with van der Waals surface area (Å²) in [7, 11) is 0. The van der Waals surface area contributed by atoms with Gasteiger partial charge in [0.15, 0.2) is 0 Å². The molecule has 5 rings (SSSR count). The van der Waals surface area contributed by atoms with E-state index in [0.29, 0.717) is 13.2 Å². The first-order valence-electron chi connectivity index (χ1n) is 12.4. The number of hydrogen-bond donors (Lipinski definition) is 0. The van der Waals surface area contributed by atoms with Crippen molar-refractivity contribution in [2.75, 3.05) is 13.2 Å².